The SMILES string of the molecule is CN(CCCC=O)c1cncc(N)c1. The predicted octanol–water partition coefficient (Wildman–Crippen LogP) is 1.08. The molecule has 2 N–H and O–H groups in total. The van der Waals surface area contributed by atoms with Crippen molar-refractivity contribution in [3.05, 3.63) is 18.5 Å². The van der Waals surface area contributed by atoms with Gasteiger partial charge >= 0.3 is 0 Å². The van der Waals surface area contributed by atoms with Crippen LogP contribution in [0.1, 0.15) is 12.8 Å². The number of unbranched alkanes of at least 4 members (excludes halogenated alkanes) is 1. The molecule has 76 valence electrons. The molecule has 0 bridgehead atoms. The zero-order valence-electron chi connectivity index (χ0n) is 8.31. The van der Waals surface area contributed by atoms with Crippen molar-refractivity contribution < 1.29 is 4.79 Å². The maximum absolute atomic E-state index is 10.1. The molecule has 0 atom stereocenters. The van der Waals surface area contributed by atoms with Crippen molar-refractivity contribution in [2.24, 2.45) is 0 Å². The van der Waals surface area contributed by atoms with Crippen LogP contribution in [0.2, 0.25) is 0 Å². The summed E-state index contributed by atoms with van der Waals surface area (Å²) in [5.41, 5.74) is 7.25. The number of carbonyl (C=O) groups excluding carboxylic acids is 1. The molecule has 0 amide bonds. The van der Waals surface area contributed by atoms with Crippen LogP contribution in [0.3, 0.4) is 0 Å². The van der Waals surface area contributed by atoms with Gasteiger partial charge in [0.05, 0.1) is 17.6 Å². The molecule has 0 saturated carbocycles. The Bertz CT molecular complexity index is 301. The minimum atomic E-state index is 0.597. The van der Waals surface area contributed by atoms with Gasteiger partial charge in [-0.1, -0.05) is 0 Å². The predicted molar refractivity (Wildman–Crippen MR) is 57.2 cm³/mol. The van der Waals surface area contributed by atoms with Crippen molar-refractivity contribution in [1.82, 2.24) is 4.98 Å². The van der Waals surface area contributed by atoms with Crippen LogP contribution in [0.25, 0.3) is 0 Å². The second-order valence-electron chi connectivity index (χ2n) is 3.21. The highest BCUT2D eigenvalue weighted by Gasteiger charge is 2.00. The Morgan fingerprint density at radius 1 is 1.57 bits per heavy atom. The summed E-state index contributed by atoms with van der Waals surface area (Å²) in [5.74, 6) is 0. The minimum Gasteiger partial charge on any atom is -0.397 e. The van der Waals surface area contributed by atoms with Gasteiger partial charge in [0.2, 0.25) is 0 Å². The molecule has 0 spiro atoms. The van der Waals surface area contributed by atoms with Gasteiger partial charge in [-0.2, -0.15) is 0 Å². The van der Waals surface area contributed by atoms with E-state index in [0.717, 1.165) is 24.9 Å². The Balaban J connectivity index is 2.51. The summed E-state index contributed by atoms with van der Waals surface area (Å²) in [4.78, 5) is 16.2. The van der Waals surface area contributed by atoms with Gasteiger partial charge in [0.1, 0.15) is 6.29 Å². The molecular weight excluding hydrogens is 178 g/mol. The van der Waals surface area contributed by atoms with Gasteiger partial charge in [0.15, 0.2) is 0 Å². The topological polar surface area (TPSA) is 59.2 Å². The Labute approximate surface area is 83.7 Å². The first-order valence-corrected chi connectivity index (χ1v) is 4.59. The Morgan fingerprint density at radius 3 is 3.00 bits per heavy atom. The smallest absolute Gasteiger partial charge is 0.120 e. The fourth-order valence-electron chi connectivity index (χ4n) is 1.19. The molecule has 1 aromatic rings. The Kier molecular flexibility index (Phi) is 3.91. The highest BCUT2D eigenvalue weighted by molar-refractivity contribution is 5.53. The molecule has 0 fully saturated rings. The summed E-state index contributed by atoms with van der Waals surface area (Å²) in [7, 11) is 1.96. The zero-order chi connectivity index (χ0) is 10.4. The van der Waals surface area contributed by atoms with E-state index in [9.17, 15) is 4.79 Å². The zero-order valence-corrected chi connectivity index (χ0v) is 8.31. The molecule has 1 rings (SSSR count). The Hall–Kier alpha value is -1.58. The highest BCUT2D eigenvalue weighted by Crippen LogP contribution is 2.14. The second kappa shape index (κ2) is 5.21. The molecule has 0 radical (unpaired) electrons. The standard InChI is InChI=1S/C10H15N3O/c1-13(4-2-3-5-14)10-6-9(11)7-12-8-10/h5-8H,2-4,11H2,1H3. The summed E-state index contributed by atoms with van der Waals surface area (Å²) in [6.45, 7) is 0.837. The number of nitrogens with zero attached hydrogens (tertiary/aromatic N) is 2. The fraction of sp³-hybridized carbons (Fsp3) is 0.400. The minimum absolute atomic E-state index is 0.597. The van der Waals surface area contributed by atoms with E-state index in [1.807, 2.05) is 18.0 Å². The van der Waals surface area contributed by atoms with Crippen LogP contribution >= 0.6 is 0 Å². The normalized spacial score (nSPS) is 9.79. The van der Waals surface area contributed by atoms with Gasteiger partial charge in [0.25, 0.3) is 0 Å². The van der Waals surface area contributed by atoms with Crippen LogP contribution in [-0.2, 0) is 4.79 Å². The molecule has 0 aliphatic rings. The van der Waals surface area contributed by atoms with Crippen molar-refractivity contribution >= 4 is 17.7 Å². The number of aldehydes is 1. The number of nitrogen functional groups attached to an aromatic ring is 1. The molecule has 0 unspecified atom stereocenters. The van der Waals surface area contributed by atoms with Crippen LogP contribution in [0, 0.1) is 0 Å². The summed E-state index contributed by atoms with van der Waals surface area (Å²) < 4.78 is 0. The summed E-state index contributed by atoms with van der Waals surface area (Å²) in [6.07, 6.45) is 5.76. The summed E-state index contributed by atoms with van der Waals surface area (Å²) in [5, 5.41) is 0. The molecule has 1 aromatic heterocycles. The van der Waals surface area contributed by atoms with Crippen molar-refractivity contribution in [2.75, 3.05) is 24.2 Å². The molecule has 14 heavy (non-hydrogen) atoms. The average Bonchev–Trinajstić information content (AvgIpc) is 2.18. The first-order valence-electron chi connectivity index (χ1n) is 4.59. The third-order valence-electron chi connectivity index (χ3n) is 2.00. The lowest BCUT2D eigenvalue weighted by Gasteiger charge is -2.18. The van der Waals surface area contributed by atoms with Crippen molar-refractivity contribution in [2.45, 2.75) is 12.8 Å². The van der Waals surface area contributed by atoms with Crippen LogP contribution in [-0.4, -0.2) is 24.9 Å². The van der Waals surface area contributed by atoms with Crippen LogP contribution in [0.5, 0.6) is 0 Å². The van der Waals surface area contributed by atoms with Gasteiger partial charge in [-0.3, -0.25) is 4.98 Å². The van der Waals surface area contributed by atoms with Gasteiger partial charge in [-0.05, 0) is 12.5 Å². The molecule has 4 nitrogen and oxygen atoms in total. The third kappa shape index (κ3) is 3.05. The lowest BCUT2D eigenvalue weighted by molar-refractivity contribution is -0.107. The number of carbonyl (C=O) groups is 1. The number of rotatable bonds is 5. The molecule has 1 heterocycles. The molecular formula is C10H15N3O. The molecule has 0 aliphatic heterocycles. The van der Waals surface area contributed by atoms with E-state index in [4.69, 9.17) is 5.73 Å². The van der Waals surface area contributed by atoms with E-state index < -0.39 is 0 Å². The first kappa shape index (κ1) is 10.5. The van der Waals surface area contributed by atoms with E-state index in [2.05, 4.69) is 4.98 Å². The summed E-state index contributed by atoms with van der Waals surface area (Å²) >= 11 is 0. The lowest BCUT2D eigenvalue weighted by Crippen LogP contribution is -2.18. The van der Waals surface area contributed by atoms with Gasteiger partial charge in [-0.25, -0.2) is 0 Å². The van der Waals surface area contributed by atoms with E-state index in [-0.39, 0.29) is 0 Å². The number of aromatic nitrogens is 1. The van der Waals surface area contributed by atoms with Crippen molar-refractivity contribution in [1.29, 1.82) is 0 Å². The number of hydrogen-bond acceptors (Lipinski definition) is 4. The molecule has 4 heteroatoms. The number of pyridine rings is 1. The van der Waals surface area contributed by atoms with Gasteiger partial charge in [-0.15, -0.1) is 0 Å². The van der Waals surface area contributed by atoms with Crippen LogP contribution in [0.4, 0.5) is 11.4 Å². The first-order chi connectivity index (χ1) is 6.74. The lowest BCUT2D eigenvalue weighted by atomic mass is 10.3. The molecule has 0 aliphatic carbocycles. The molecule has 0 aromatic carbocycles. The molecule has 0 saturated heterocycles. The van der Waals surface area contributed by atoms with Crippen molar-refractivity contribution in [3.8, 4) is 0 Å². The third-order valence-corrected chi connectivity index (χ3v) is 2.00. The van der Waals surface area contributed by atoms with Crippen LogP contribution in [0.15, 0.2) is 18.5 Å². The second-order valence-corrected chi connectivity index (χ2v) is 3.21. The van der Waals surface area contributed by atoms with Gasteiger partial charge in [0, 0.05) is 26.2 Å². The van der Waals surface area contributed by atoms with E-state index in [0.29, 0.717) is 12.1 Å². The quantitative estimate of drug-likeness (QED) is 0.561. The fourth-order valence-corrected chi connectivity index (χ4v) is 1.19. The highest BCUT2D eigenvalue weighted by atomic mass is 16.1. The largest absolute Gasteiger partial charge is 0.397 e. The maximum atomic E-state index is 10.1. The van der Waals surface area contributed by atoms with E-state index >= 15 is 0 Å². The van der Waals surface area contributed by atoms with Gasteiger partial charge < -0.3 is 15.4 Å². The number of nitrogens with two attached hydrogens (primary N) is 1. The number of hydrogen-bond donors (Lipinski definition) is 1. The van der Waals surface area contributed by atoms with E-state index in [1.54, 1.807) is 12.4 Å². The monoisotopic (exact) mass is 193 g/mol. The van der Waals surface area contributed by atoms with Crippen molar-refractivity contribution in [3.63, 3.8) is 0 Å². The Morgan fingerprint density at radius 2 is 2.36 bits per heavy atom. The van der Waals surface area contributed by atoms with Crippen LogP contribution < -0.4 is 10.6 Å². The number of anilines is 2. The van der Waals surface area contributed by atoms with E-state index in [1.165, 1.54) is 0 Å². The maximum Gasteiger partial charge on any atom is 0.120 e. The average molecular weight is 193 g/mol. The summed E-state index contributed by atoms with van der Waals surface area (Å²) in [6, 6.07) is 1.87.